The summed E-state index contributed by atoms with van der Waals surface area (Å²) < 4.78 is 0. The van der Waals surface area contributed by atoms with E-state index in [2.05, 4.69) is 0 Å². The lowest BCUT2D eigenvalue weighted by Crippen LogP contribution is -2.10. The molecule has 2 nitrogen and oxygen atoms in total. The molecule has 2 N–H and O–H groups in total. The van der Waals surface area contributed by atoms with E-state index in [1.165, 1.54) is 5.56 Å². The van der Waals surface area contributed by atoms with Crippen LogP contribution in [0.2, 0.25) is 0 Å². The van der Waals surface area contributed by atoms with Gasteiger partial charge in [-0.2, -0.15) is 0 Å². The Kier molecular flexibility index (Phi) is 2.86. The van der Waals surface area contributed by atoms with Crippen LogP contribution in [0.15, 0.2) is 24.3 Å². The van der Waals surface area contributed by atoms with Crippen LogP contribution >= 0.6 is 0 Å². The Bertz CT molecular complexity index is 264. The fraction of sp³-hybridized carbons (Fsp3) is 0.200. The third kappa shape index (κ3) is 2.74. The number of primary amides is 1. The zero-order valence-corrected chi connectivity index (χ0v) is 7.08. The van der Waals surface area contributed by atoms with Gasteiger partial charge in [-0.1, -0.05) is 29.8 Å². The van der Waals surface area contributed by atoms with Crippen LogP contribution in [0.1, 0.15) is 17.5 Å². The van der Waals surface area contributed by atoms with E-state index in [4.69, 9.17) is 5.73 Å². The Morgan fingerprint density at radius 3 is 2.50 bits per heavy atom. The highest BCUT2D eigenvalue weighted by molar-refractivity contribution is 5.75. The molecule has 1 aromatic carbocycles. The second-order valence-electron chi connectivity index (χ2n) is 2.79. The van der Waals surface area contributed by atoms with E-state index in [-0.39, 0.29) is 5.91 Å². The molecule has 1 radical (unpaired) electrons. The van der Waals surface area contributed by atoms with Crippen molar-refractivity contribution in [3.05, 3.63) is 41.8 Å². The molecule has 0 aliphatic carbocycles. The third-order valence-corrected chi connectivity index (χ3v) is 1.62. The predicted molar refractivity (Wildman–Crippen MR) is 48.4 cm³/mol. The van der Waals surface area contributed by atoms with Crippen LogP contribution in [0.4, 0.5) is 0 Å². The minimum absolute atomic E-state index is 0.296. The molecule has 0 aromatic heterocycles. The van der Waals surface area contributed by atoms with Crippen LogP contribution in [-0.4, -0.2) is 5.91 Å². The summed E-state index contributed by atoms with van der Waals surface area (Å²) in [5.41, 5.74) is 7.26. The largest absolute Gasteiger partial charge is 0.370 e. The fourth-order valence-electron chi connectivity index (χ4n) is 0.921. The molecule has 0 bridgehead atoms. The lowest BCUT2D eigenvalue weighted by Gasteiger charge is -1.98. The number of carbonyl (C=O) groups excluding carboxylic acids is 1. The molecule has 0 spiro atoms. The lowest BCUT2D eigenvalue weighted by molar-refractivity contribution is -0.117. The molecule has 12 heavy (non-hydrogen) atoms. The average Bonchev–Trinajstić information content (AvgIpc) is 2.03. The topological polar surface area (TPSA) is 43.1 Å². The highest BCUT2D eigenvalue weighted by Gasteiger charge is 1.96. The Balaban J connectivity index is 2.53. The third-order valence-electron chi connectivity index (χ3n) is 1.62. The van der Waals surface area contributed by atoms with Crippen LogP contribution < -0.4 is 5.73 Å². The quantitative estimate of drug-likeness (QED) is 0.717. The Hall–Kier alpha value is -1.31. The van der Waals surface area contributed by atoms with Gasteiger partial charge in [0.2, 0.25) is 5.91 Å². The van der Waals surface area contributed by atoms with Gasteiger partial charge in [0.1, 0.15) is 0 Å². The second-order valence-corrected chi connectivity index (χ2v) is 2.79. The highest BCUT2D eigenvalue weighted by atomic mass is 16.1. The lowest BCUT2D eigenvalue weighted by atomic mass is 10.1. The van der Waals surface area contributed by atoms with Gasteiger partial charge in [0.15, 0.2) is 0 Å². The molecule has 1 aromatic rings. The molecule has 0 saturated carbocycles. The number of nitrogens with two attached hydrogens (primary N) is 1. The van der Waals surface area contributed by atoms with Crippen molar-refractivity contribution < 1.29 is 4.79 Å². The molecule has 63 valence electrons. The van der Waals surface area contributed by atoms with Crippen LogP contribution in [0.5, 0.6) is 0 Å². The maximum Gasteiger partial charge on any atom is 0.218 e. The summed E-state index contributed by atoms with van der Waals surface area (Å²) in [6.45, 7) is 2.03. The monoisotopic (exact) mass is 162 g/mol. The van der Waals surface area contributed by atoms with Crippen molar-refractivity contribution in [3.8, 4) is 0 Å². The van der Waals surface area contributed by atoms with Gasteiger partial charge in [0, 0.05) is 6.42 Å². The molecule has 0 heterocycles. The Morgan fingerprint density at radius 1 is 1.42 bits per heavy atom. The number of hydrogen-bond acceptors (Lipinski definition) is 1. The van der Waals surface area contributed by atoms with Gasteiger partial charge in [-0.15, -0.1) is 0 Å². The molecule has 0 unspecified atom stereocenters. The van der Waals surface area contributed by atoms with E-state index in [9.17, 15) is 4.79 Å². The van der Waals surface area contributed by atoms with Crippen molar-refractivity contribution >= 4 is 5.91 Å². The summed E-state index contributed by atoms with van der Waals surface area (Å²) in [6.07, 6.45) is 2.13. The van der Waals surface area contributed by atoms with Crippen molar-refractivity contribution in [1.82, 2.24) is 0 Å². The summed E-state index contributed by atoms with van der Waals surface area (Å²) in [6, 6.07) is 7.95. The SMILES string of the molecule is Cc1ccc([CH]CC(N)=O)cc1. The molecule has 0 aliphatic heterocycles. The molecule has 1 rings (SSSR count). The first-order valence-electron chi connectivity index (χ1n) is 3.86. The predicted octanol–water partition coefficient (Wildman–Crippen LogP) is 1.42. The molecule has 0 aliphatic rings. The van der Waals surface area contributed by atoms with Crippen molar-refractivity contribution in [2.45, 2.75) is 13.3 Å². The summed E-state index contributed by atoms with van der Waals surface area (Å²) in [7, 11) is 0. The van der Waals surface area contributed by atoms with Gasteiger partial charge in [-0.3, -0.25) is 4.79 Å². The summed E-state index contributed by atoms with van der Waals surface area (Å²) in [5, 5.41) is 0. The maximum atomic E-state index is 10.4. The van der Waals surface area contributed by atoms with E-state index in [0.29, 0.717) is 6.42 Å². The second kappa shape index (κ2) is 3.90. The summed E-state index contributed by atoms with van der Waals surface area (Å²) in [5.74, 6) is -0.296. The number of aryl methyl sites for hydroxylation is 1. The zero-order valence-electron chi connectivity index (χ0n) is 7.08. The smallest absolute Gasteiger partial charge is 0.218 e. The first-order valence-corrected chi connectivity index (χ1v) is 3.86. The van der Waals surface area contributed by atoms with E-state index >= 15 is 0 Å². The van der Waals surface area contributed by atoms with Crippen LogP contribution in [0, 0.1) is 13.3 Å². The van der Waals surface area contributed by atoms with E-state index < -0.39 is 0 Å². The van der Waals surface area contributed by atoms with Gasteiger partial charge < -0.3 is 5.73 Å². The molecular formula is C10H12NO. The van der Waals surface area contributed by atoms with Crippen LogP contribution in [0.25, 0.3) is 0 Å². The van der Waals surface area contributed by atoms with E-state index in [1.54, 1.807) is 0 Å². The standard InChI is InChI=1S/C10H12NO/c1-8-2-4-9(5-3-8)6-7-10(11)12/h2-6H,7H2,1H3,(H2,11,12). The molecular weight excluding hydrogens is 150 g/mol. The van der Waals surface area contributed by atoms with Gasteiger partial charge in [0.25, 0.3) is 0 Å². The van der Waals surface area contributed by atoms with E-state index in [0.717, 1.165) is 5.56 Å². The van der Waals surface area contributed by atoms with E-state index in [1.807, 2.05) is 37.6 Å². The first kappa shape index (κ1) is 8.78. The van der Waals surface area contributed by atoms with Gasteiger partial charge in [-0.25, -0.2) is 0 Å². The zero-order chi connectivity index (χ0) is 8.97. The minimum atomic E-state index is -0.296. The summed E-state index contributed by atoms with van der Waals surface area (Å²) in [4.78, 5) is 10.4. The maximum absolute atomic E-state index is 10.4. The van der Waals surface area contributed by atoms with Crippen molar-refractivity contribution in [2.24, 2.45) is 5.73 Å². The normalized spacial score (nSPS) is 9.75. The van der Waals surface area contributed by atoms with Crippen LogP contribution in [0.3, 0.4) is 0 Å². The Morgan fingerprint density at radius 2 is 2.00 bits per heavy atom. The van der Waals surface area contributed by atoms with Gasteiger partial charge in [-0.05, 0) is 18.9 Å². The van der Waals surface area contributed by atoms with Gasteiger partial charge >= 0.3 is 0 Å². The van der Waals surface area contributed by atoms with Crippen LogP contribution in [-0.2, 0) is 4.79 Å². The van der Waals surface area contributed by atoms with Crippen molar-refractivity contribution in [2.75, 3.05) is 0 Å². The Labute approximate surface area is 72.4 Å². The fourth-order valence-corrected chi connectivity index (χ4v) is 0.921. The van der Waals surface area contributed by atoms with Gasteiger partial charge in [0.05, 0.1) is 0 Å². The molecule has 1 amide bonds. The van der Waals surface area contributed by atoms with Crippen molar-refractivity contribution in [3.63, 3.8) is 0 Å². The van der Waals surface area contributed by atoms with Crippen molar-refractivity contribution in [1.29, 1.82) is 0 Å². The molecule has 0 fully saturated rings. The number of carbonyl (C=O) groups is 1. The highest BCUT2D eigenvalue weighted by Crippen LogP contribution is 2.06. The number of hydrogen-bond donors (Lipinski definition) is 1. The first-order chi connectivity index (χ1) is 5.68. The minimum Gasteiger partial charge on any atom is -0.370 e. The number of rotatable bonds is 3. The number of amides is 1. The molecule has 2 heteroatoms. The summed E-state index contributed by atoms with van der Waals surface area (Å²) >= 11 is 0. The number of benzene rings is 1. The molecule has 0 atom stereocenters. The molecule has 0 saturated heterocycles. The average molecular weight is 162 g/mol.